The number of alkyl carbamates (subject to hydrolysis) is 1. The molecule has 1 aromatic rings. The third kappa shape index (κ3) is 3.88. The number of fused-ring (bicyclic) bond motifs is 1. The second-order valence-corrected chi connectivity index (χ2v) is 6.45. The van der Waals surface area contributed by atoms with Gasteiger partial charge in [0, 0.05) is 24.1 Å². The summed E-state index contributed by atoms with van der Waals surface area (Å²) in [6, 6.07) is 1.67. The van der Waals surface area contributed by atoms with Crippen molar-refractivity contribution < 1.29 is 23.8 Å². The van der Waals surface area contributed by atoms with Gasteiger partial charge in [-0.3, -0.25) is 0 Å². The molecule has 0 aromatic heterocycles. The van der Waals surface area contributed by atoms with Crippen LogP contribution >= 0.6 is 0 Å². The average Bonchev–Trinajstić information content (AvgIpc) is 2.99. The molecule has 0 saturated heterocycles. The maximum absolute atomic E-state index is 12.0. The number of ether oxygens (including phenoxy) is 3. The van der Waals surface area contributed by atoms with Crippen LogP contribution < -0.4 is 10.1 Å². The van der Waals surface area contributed by atoms with E-state index in [4.69, 9.17) is 14.2 Å². The van der Waals surface area contributed by atoms with Crippen molar-refractivity contribution in [3.8, 4) is 5.75 Å². The van der Waals surface area contributed by atoms with Crippen LogP contribution in [0.25, 0.3) is 6.08 Å². The molecule has 130 valence electrons. The normalized spacial score (nSPS) is 12.8. The van der Waals surface area contributed by atoms with Gasteiger partial charge in [0.05, 0.1) is 19.3 Å². The molecule has 0 bridgehead atoms. The minimum atomic E-state index is -0.577. The monoisotopic (exact) mass is 333 g/mol. The van der Waals surface area contributed by atoms with Crippen LogP contribution in [0.3, 0.4) is 0 Å². The topological polar surface area (TPSA) is 73.9 Å². The van der Waals surface area contributed by atoms with Crippen LogP contribution in [0, 0.1) is 0 Å². The van der Waals surface area contributed by atoms with Crippen molar-refractivity contribution in [2.75, 3.05) is 13.7 Å². The van der Waals surface area contributed by atoms with Gasteiger partial charge >= 0.3 is 12.1 Å². The Kier molecular flexibility index (Phi) is 5.17. The summed E-state index contributed by atoms with van der Waals surface area (Å²) in [6.45, 7) is 9.88. The third-order valence-corrected chi connectivity index (χ3v) is 3.53. The summed E-state index contributed by atoms with van der Waals surface area (Å²) in [4.78, 5) is 23.9. The first kappa shape index (κ1) is 17.8. The molecule has 1 heterocycles. The molecule has 0 unspecified atom stereocenters. The van der Waals surface area contributed by atoms with Crippen LogP contribution in [0.1, 0.15) is 47.8 Å². The van der Waals surface area contributed by atoms with E-state index >= 15 is 0 Å². The van der Waals surface area contributed by atoms with Gasteiger partial charge in [-0.2, -0.15) is 0 Å². The van der Waals surface area contributed by atoms with Gasteiger partial charge in [0.15, 0.2) is 0 Å². The number of methoxy groups -OCH3 is 1. The van der Waals surface area contributed by atoms with Crippen molar-refractivity contribution in [1.29, 1.82) is 0 Å². The average molecular weight is 333 g/mol. The Hall–Kier alpha value is -2.50. The Morgan fingerprint density at radius 1 is 1.42 bits per heavy atom. The lowest BCUT2D eigenvalue weighted by Gasteiger charge is -2.20. The quantitative estimate of drug-likeness (QED) is 0.857. The molecular weight excluding hydrogens is 310 g/mol. The third-order valence-electron chi connectivity index (χ3n) is 3.53. The maximum atomic E-state index is 12.0. The fourth-order valence-electron chi connectivity index (χ4n) is 2.60. The second-order valence-electron chi connectivity index (χ2n) is 6.45. The Morgan fingerprint density at radius 3 is 2.71 bits per heavy atom. The molecule has 0 radical (unpaired) electrons. The maximum Gasteiger partial charge on any atom is 0.407 e. The van der Waals surface area contributed by atoms with Crippen LogP contribution in [0.2, 0.25) is 0 Å². The summed E-state index contributed by atoms with van der Waals surface area (Å²) >= 11 is 0. The summed E-state index contributed by atoms with van der Waals surface area (Å²) in [6.07, 6.45) is 1.79. The van der Waals surface area contributed by atoms with E-state index < -0.39 is 17.7 Å². The van der Waals surface area contributed by atoms with E-state index in [1.54, 1.807) is 32.9 Å². The van der Waals surface area contributed by atoms with E-state index in [1.807, 2.05) is 0 Å². The highest BCUT2D eigenvalue weighted by atomic mass is 16.6. The highest BCUT2D eigenvalue weighted by Crippen LogP contribution is 2.36. The zero-order chi connectivity index (χ0) is 17.9. The Balaban J connectivity index is 2.30. The predicted octanol–water partition coefficient (Wildman–Crippen LogP) is 3.08. The molecule has 6 heteroatoms. The first-order valence-corrected chi connectivity index (χ1v) is 7.76. The van der Waals surface area contributed by atoms with Gasteiger partial charge in [-0.1, -0.05) is 12.7 Å². The number of rotatable bonds is 4. The molecule has 1 N–H and O–H groups in total. The number of carbonyl (C=O) groups excluding carboxylic acids is 2. The van der Waals surface area contributed by atoms with Crippen LogP contribution in [-0.4, -0.2) is 31.4 Å². The molecule has 0 atom stereocenters. The molecule has 0 fully saturated rings. The minimum Gasteiger partial charge on any atom is -0.493 e. The molecule has 1 amide bonds. The fraction of sp³-hybridized carbons (Fsp3) is 0.444. The van der Waals surface area contributed by atoms with Crippen molar-refractivity contribution in [2.24, 2.45) is 0 Å². The van der Waals surface area contributed by atoms with E-state index in [0.717, 1.165) is 11.1 Å². The van der Waals surface area contributed by atoms with Crippen molar-refractivity contribution >= 4 is 18.1 Å². The number of benzene rings is 1. The van der Waals surface area contributed by atoms with Gasteiger partial charge in [0.2, 0.25) is 0 Å². The summed E-state index contributed by atoms with van der Waals surface area (Å²) in [7, 11) is 1.33. The first-order chi connectivity index (χ1) is 11.3. The Bertz CT molecular complexity index is 673. The Labute approximate surface area is 141 Å². The smallest absolute Gasteiger partial charge is 0.407 e. The van der Waals surface area contributed by atoms with E-state index in [0.29, 0.717) is 29.9 Å². The number of esters is 1. The van der Waals surface area contributed by atoms with Gasteiger partial charge < -0.3 is 19.5 Å². The van der Waals surface area contributed by atoms with Crippen LogP contribution in [0.15, 0.2) is 12.6 Å². The van der Waals surface area contributed by atoms with Crippen LogP contribution in [0.5, 0.6) is 5.75 Å². The van der Waals surface area contributed by atoms with E-state index in [2.05, 4.69) is 11.9 Å². The lowest BCUT2D eigenvalue weighted by atomic mass is 9.95. The lowest BCUT2D eigenvalue weighted by molar-refractivity contribution is 0.0522. The summed E-state index contributed by atoms with van der Waals surface area (Å²) < 4.78 is 15.8. The molecule has 0 aliphatic carbocycles. The SMILES string of the molecule is C=Cc1c(C(=O)OC)cc(CNC(=O)OC(C)(C)C)c2c1CCO2. The standard InChI is InChI=1S/C18H23NO5/c1-6-12-13-7-8-23-15(13)11(9-14(12)16(20)22-5)10-19-17(21)24-18(2,3)4/h6,9H,1,7-8,10H2,2-5H3,(H,19,21). The zero-order valence-electron chi connectivity index (χ0n) is 14.5. The summed E-state index contributed by atoms with van der Waals surface area (Å²) in [5, 5.41) is 2.69. The first-order valence-electron chi connectivity index (χ1n) is 7.76. The van der Waals surface area contributed by atoms with Crippen molar-refractivity contribution in [1.82, 2.24) is 5.32 Å². The molecule has 6 nitrogen and oxygen atoms in total. The van der Waals surface area contributed by atoms with E-state index in [9.17, 15) is 9.59 Å². The Morgan fingerprint density at radius 2 is 2.12 bits per heavy atom. The predicted molar refractivity (Wildman–Crippen MR) is 90.1 cm³/mol. The van der Waals surface area contributed by atoms with Crippen LogP contribution in [-0.2, 0) is 22.4 Å². The fourth-order valence-corrected chi connectivity index (χ4v) is 2.60. The van der Waals surface area contributed by atoms with E-state index in [-0.39, 0.29) is 6.54 Å². The molecule has 1 aliphatic rings. The van der Waals surface area contributed by atoms with E-state index in [1.165, 1.54) is 7.11 Å². The lowest BCUT2D eigenvalue weighted by Crippen LogP contribution is -2.32. The molecule has 1 aliphatic heterocycles. The zero-order valence-corrected chi connectivity index (χ0v) is 14.5. The molecule has 1 aromatic carbocycles. The van der Waals surface area contributed by atoms with Gasteiger partial charge in [0.1, 0.15) is 11.4 Å². The van der Waals surface area contributed by atoms with Gasteiger partial charge in [0.25, 0.3) is 0 Å². The number of amides is 1. The van der Waals surface area contributed by atoms with Crippen molar-refractivity contribution in [3.63, 3.8) is 0 Å². The largest absolute Gasteiger partial charge is 0.493 e. The highest BCUT2D eigenvalue weighted by Gasteiger charge is 2.25. The number of carbonyl (C=O) groups is 2. The number of hydrogen-bond acceptors (Lipinski definition) is 5. The molecule has 2 rings (SSSR count). The van der Waals surface area contributed by atoms with Gasteiger partial charge in [-0.05, 0) is 32.4 Å². The summed E-state index contributed by atoms with van der Waals surface area (Å²) in [5.41, 5.74) is 2.17. The molecular formula is C18H23NO5. The van der Waals surface area contributed by atoms with Crippen molar-refractivity contribution in [3.05, 3.63) is 34.9 Å². The molecule has 24 heavy (non-hydrogen) atoms. The minimum absolute atomic E-state index is 0.193. The molecule has 0 saturated carbocycles. The summed E-state index contributed by atoms with van der Waals surface area (Å²) in [5.74, 6) is 0.242. The second kappa shape index (κ2) is 6.95. The van der Waals surface area contributed by atoms with Gasteiger partial charge in [-0.25, -0.2) is 9.59 Å². The number of hydrogen-bond donors (Lipinski definition) is 1. The van der Waals surface area contributed by atoms with Gasteiger partial charge in [-0.15, -0.1) is 0 Å². The van der Waals surface area contributed by atoms with Crippen LogP contribution in [0.4, 0.5) is 4.79 Å². The number of nitrogens with one attached hydrogen (secondary N) is 1. The molecule has 0 spiro atoms. The van der Waals surface area contributed by atoms with Crippen molar-refractivity contribution in [2.45, 2.75) is 39.3 Å². The highest BCUT2D eigenvalue weighted by molar-refractivity contribution is 5.95.